The van der Waals surface area contributed by atoms with Gasteiger partial charge in [-0.25, -0.2) is 0 Å². The lowest BCUT2D eigenvalue weighted by molar-refractivity contribution is -0.137. The molecule has 1 amide bonds. The first kappa shape index (κ1) is 16.5. The molecule has 5 nitrogen and oxygen atoms in total. The number of hydrogen-bond donors (Lipinski definition) is 2. The molecule has 20 heavy (non-hydrogen) atoms. The number of aliphatic carboxylic acids is 1. The van der Waals surface area contributed by atoms with Crippen LogP contribution in [-0.2, 0) is 16.1 Å². The fraction of sp³-hybridized carbons (Fsp3) is 0.429. The van der Waals surface area contributed by atoms with E-state index in [9.17, 15) is 9.59 Å². The van der Waals surface area contributed by atoms with Gasteiger partial charge in [0.25, 0.3) is 0 Å². The van der Waals surface area contributed by atoms with Crippen molar-refractivity contribution in [2.75, 3.05) is 7.11 Å². The van der Waals surface area contributed by atoms with Crippen LogP contribution in [-0.4, -0.2) is 24.1 Å². The molecule has 0 saturated heterocycles. The number of amides is 1. The molecule has 6 heteroatoms. The number of carbonyl (C=O) groups is 2. The molecule has 0 spiro atoms. The van der Waals surface area contributed by atoms with Gasteiger partial charge in [-0.05, 0) is 31.0 Å². The molecule has 0 bridgehead atoms. The number of unbranched alkanes of at least 4 members (excludes halogenated alkanes) is 1. The Labute approximate surface area is 126 Å². The van der Waals surface area contributed by atoms with Crippen molar-refractivity contribution in [2.45, 2.75) is 32.2 Å². The summed E-state index contributed by atoms with van der Waals surface area (Å²) in [6.07, 6.45) is 1.53. The van der Waals surface area contributed by atoms with Gasteiger partial charge in [0, 0.05) is 29.4 Å². The largest absolute Gasteiger partial charge is 0.496 e. The Morgan fingerprint density at radius 2 is 2.00 bits per heavy atom. The van der Waals surface area contributed by atoms with Gasteiger partial charge in [-0.1, -0.05) is 15.9 Å². The van der Waals surface area contributed by atoms with E-state index < -0.39 is 5.97 Å². The zero-order valence-electron chi connectivity index (χ0n) is 11.3. The van der Waals surface area contributed by atoms with Crippen LogP contribution in [0.25, 0.3) is 0 Å². The SMILES string of the molecule is COc1ccc(Br)cc1CNC(=O)CCCCC(=O)O. The standard InChI is InChI=1S/C14H18BrNO4/c1-20-12-7-6-11(15)8-10(12)9-16-13(17)4-2-3-5-14(18)19/h6-8H,2-5,9H2,1H3,(H,16,17)(H,18,19). The lowest BCUT2D eigenvalue weighted by atomic mass is 10.1. The first-order valence-corrected chi connectivity index (χ1v) is 7.13. The molecule has 2 N–H and O–H groups in total. The zero-order valence-corrected chi connectivity index (χ0v) is 12.9. The smallest absolute Gasteiger partial charge is 0.303 e. The molecular formula is C14H18BrNO4. The molecule has 0 aliphatic carbocycles. The summed E-state index contributed by atoms with van der Waals surface area (Å²) >= 11 is 3.37. The summed E-state index contributed by atoms with van der Waals surface area (Å²) in [7, 11) is 1.58. The number of carboxylic acid groups (broad SMARTS) is 1. The summed E-state index contributed by atoms with van der Waals surface area (Å²) in [6, 6.07) is 5.60. The minimum Gasteiger partial charge on any atom is -0.496 e. The van der Waals surface area contributed by atoms with Gasteiger partial charge in [0.05, 0.1) is 7.11 Å². The predicted molar refractivity (Wildman–Crippen MR) is 78.6 cm³/mol. The fourth-order valence-corrected chi connectivity index (χ4v) is 2.14. The van der Waals surface area contributed by atoms with E-state index in [4.69, 9.17) is 9.84 Å². The molecule has 0 radical (unpaired) electrons. The number of carbonyl (C=O) groups excluding carboxylic acids is 1. The van der Waals surface area contributed by atoms with Crippen molar-refractivity contribution in [1.29, 1.82) is 0 Å². The summed E-state index contributed by atoms with van der Waals surface area (Å²) in [5.74, 6) is -0.193. The van der Waals surface area contributed by atoms with Gasteiger partial charge in [0.2, 0.25) is 5.91 Å². The first-order valence-electron chi connectivity index (χ1n) is 6.34. The number of hydrogen-bond acceptors (Lipinski definition) is 3. The molecule has 1 aromatic carbocycles. The summed E-state index contributed by atoms with van der Waals surface area (Å²) in [5.41, 5.74) is 0.890. The van der Waals surface area contributed by atoms with Gasteiger partial charge < -0.3 is 15.2 Å². The number of methoxy groups -OCH3 is 1. The van der Waals surface area contributed by atoms with Gasteiger partial charge in [0.15, 0.2) is 0 Å². The number of rotatable bonds is 8. The molecule has 0 aliphatic rings. The number of ether oxygens (including phenoxy) is 1. The normalized spacial score (nSPS) is 10.1. The topological polar surface area (TPSA) is 75.6 Å². The number of nitrogens with one attached hydrogen (secondary N) is 1. The molecule has 0 atom stereocenters. The second kappa shape index (κ2) is 8.58. The Bertz CT molecular complexity index is 476. The molecule has 110 valence electrons. The second-order valence-corrected chi connectivity index (χ2v) is 5.25. The third-order valence-corrected chi connectivity index (χ3v) is 3.26. The number of halogens is 1. The quantitative estimate of drug-likeness (QED) is 0.711. The van der Waals surface area contributed by atoms with E-state index in [1.807, 2.05) is 18.2 Å². The van der Waals surface area contributed by atoms with Crippen LogP contribution < -0.4 is 10.1 Å². The minimum absolute atomic E-state index is 0.0857. The second-order valence-electron chi connectivity index (χ2n) is 4.33. The highest BCUT2D eigenvalue weighted by Crippen LogP contribution is 2.22. The molecule has 0 aromatic heterocycles. The van der Waals surface area contributed by atoms with Gasteiger partial charge >= 0.3 is 5.97 Å². The monoisotopic (exact) mass is 343 g/mol. The fourth-order valence-electron chi connectivity index (χ4n) is 1.73. The van der Waals surface area contributed by atoms with Crippen molar-refractivity contribution in [2.24, 2.45) is 0 Å². The Morgan fingerprint density at radius 1 is 1.30 bits per heavy atom. The Balaban J connectivity index is 2.37. The molecule has 0 unspecified atom stereocenters. The average Bonchev–Trinajstić information content (AvgIpc) is 2.41. The lowest BCUT2D eigenvalue weighted by Gasteiger charge is -2.10. The molecular weight excluding hydrogens is 326 g/mol. The number of carboxylic acids is 1. The number of benzene rings is 1. The summed E-state index contributed by atoms with van der Waals surface area (Å²) in [4.78, 5) is 22.0. The summed E-state index contributed by atoms with van der Waals surface area (Å²) in [5, 5.41) is 11.3. The lowest BCUT2D eigenvalue weighted by Crippen LogP contribution is -2.22. The van der Waals surface area contributed by atoms with Crippen molar-refractivity contribution < 1.29 is 19.4 Å². The summed E-state index contributed by atoms with van der Waals surface area (Å²) < 4.78 is 6.14. The van der Waals surface area contributed by atoms with Crippen molar-refractivity contribution in [3.63, 3.8) is 0 Å². The van der Waals surface area contributed by atoms with Crippen molar-refractivity contribution in [3.05, 3.63) is 28.2 Å². The van der Waals surface area contributed by atoms with E-state index in [1.165, 1.54) is 0 Å². The molecule has 0 fully saturated rings. The van der Waals surface area contributed by atoms with E-state index in [0.29, 0.717) is 25.8 Å². The van der Waals surface area contributed by atoms with Crippen molar-refractivity contribution >= 4 is 27.8 Å². The van der Waals surface area contributed by atoms with Crippen molar-refractivity contribution in [3.8, 4) is 5.75 Å². The van der Waals surface area contributed by atoms with E-state index in [-0.39, 0.29) is 12.3 Å². The van der Waals surface area contributed by atoms with E-state index >= 15 is 0 Å². The molecule has 1 aromatic rings. The van der Waals surface area contributed by atoms with Crippen LogP contribution in [0, 0.1) is 0 Å². The van der Waals surface area contributed by atoms with Gasteiger partial charge in [-0.2, -0.15) is 0 Å². The van der Waals surface area contributed by atoms with Crippen molar-refractivity contribution in [1.82, 2.24) is 5.32 Å². The minimum atomic E-state index is -0.829. The maximum atomic E-state index is 11.6. The van der Waals surface area contributed by atoms with E-state index in [1.54, 1.807) is 7.11 Å². The maximum Gasteiger partial charge on any atom is 0.303 e. The third-order valence-electron chi connectivity index (χ3n) is 2.76. The highest BCUT2D eigenvalue weighted by Gasteiger charge is 2.07. The Kier molecular flexibility index (Phi) is 7.08. The highest BCUT2D eigenvalue weighted by atomic mass is 79.9. The van der Waals surface area contributed by atoms with Crippen LogP contribution in [0.2, 0.25) is 0 Å². The highest BCUT2D eigenvalue weighted by molar-refractivity contribution is 9.10. The zero-order chi connectivity index (χ0) is 15.0. The van der Waals surface area contributed by atoms with Crippen LogP contribution in [0.5, 0.6) is 5.75 Å². The van der Waals surface area contributed by atoms with Crippen LogP contribution in [0.4, 0.5) is 0 Å². The van der Waals surface area contributed by atoms with Crippen LogP contribution >= 0.6 is 15.9 Å². The van der Waals surface area contributed by atoms with Crippen LogP contribution in [0.3, 0.4) is 0 Å². The van der Waals surface area contributed by atoms with E-state index in [2.05, 4.69) is 21.2 Å². The third kappa shape index (κ3) is 6.06. The maximum absolute atomic E-state index is 11.6. The average molecular weight is 344 g/mol. The molecule has 0 saturated carbocycles. The van der Waals surface area contributed by atoms with Gasteiger partial charge in [0.1, 0.15) is 5.75 Å². The molecule has 0 heterocycles. The first-order chi connectivity index (χ1) is 9.52. The predicted octanol–water partition coefficient (Wildman–Crippen LogP) is 2.72. The van der Waals surface area contributed by atoms with Crippen LogP contribution in [0.1, 0.15) is 31.2 Å². The Morgan fingerprint density at radius 3 is 2.65 bits per heavy atom. The summed E-state index contributed by atoms with van der Waals surface area (Å²) in [6.45, 7) is 0.389. The molecule has 1 rings (SSSR count). The molecule has 0 aliphatic heterocycles. The van der Waals surface area contributed by atoms with E-state index in [0.717, 1.165) is 15.8 Å². The van der Waals surface area contributed by atoms with Crippen LogP contribution in [0.15, 0.2) is 22.7 Å². The Hall–Kier alpha value is -1.56. The van der Waals surface area contributed by atoms with Gasteiger partial charge in [-0.3, -0.25) is 9.59 Å². The van der Waals surface area contributed by atoms with Gasteiger partial charge in [-0.15, -0.1) is 0 Å².